The lowest BCUT2D eigenvalue weighted by molar-refractivity contribution is -0.120. The summed E-state index contributed by atoms with van der Waals surface area (Å²) in [5.74, 6) is 0.936. The van der Waals surface area contributed by atoms with Gasteiger partial charge >= 0.3 is 0 Å². The molecular weight excluding hydrogens is 348 g/mol. The van der Waals surface area contributed by atoms with E-state index in [2.05, 4.69) is 32.6 Å². The van der Waals surface area contributed by atoms with E-state index >= 15 is 0 Å². The van der Waals surface area contributed by atoms with Crippen LogP contribution in [0.5, 0.6) is 0 Å². The van der Waals surface area contributed by atoms with Gasteiger partial charge in [-0.25, -0.2) is 0 Å². The van der Waals surface area contributed by atoms with E-state index in [1.165, 1.54) is 4.90 Å². The molecule has 0 fully saturated rings. The molecule has 2 N–H and O–H groups in total. The molecule has 0 saturated carbocycles. The van der Waals surface area contributed by atoms with E-state index in [0.29, 0.717) is 6.42 Å². The van der Waals surface area contributed by atoms with Crippen LogP contribution in [0.25, 0.3) is 0 Å². The predicted molar refractivity (Wildman–Crippen MR) is 88.3 cm³/mol. The molecule has 0 heterocycles. The Hall–Kier alpha value is -0.230. The molecule has 0 aromatic heterocycles. The van der Waals surface area contributed by atoms with Gasteiger partial charge in [0.25, 0.3) is 0 Å². The van der Waals surface area contributed by atoms with Gasteiger partial charge in [-0.2, -0.15) is 0 Å². The summed E-state index contributed by atoms with van der Waals surface area (Å²) in [7, 11) is 1.91. The minimum atomic E-state index is 0. The third-order valence-electron chi connectivity index (χ3n) is 2.35. The molecule has 108 valence electrons. The second kappa shape index (κ2) is 11.6. The lowest BCUT2D eigenvalue weighted by Gasteiger charge is -2.06. The Morgan fingerprint density at radius 3 is 2.74 bits per heavy atom. The molecule has 0 unspecified atom stereocenters. The lowest BCUT2D eigenvalue weighted by Crippen LogP contribution is -2.26. The van der Waals surface area contributed by atoms with Crippen molar-refractivity contribution in [3.8, 4) is 0 Å². The topological polar surface area (TPSA) is 41.1 Å². The second-order valence-corrected chi connectivity index (χ2v) is 5.83. The number of hydrogen-bond acceptors (Lipinski definition) is 3. The number of nitrogens with one attached hydrogen (secondary N) is 2. The van der Waals surface area contributed by atoms with Gasteiger partial charge in [0, 0.05) is 28.1 Å². The number of carbonyl (C=O) groups is 1. The van der Waals surface area contributed by atoms with Gasteiger partial charge in [0.2, 0.25) is 5.91 Å². The van der Waals surface area contributed by atoms with Crippen molar-refractivity contribution < 1.29 is 4.79 Å². The maximum Gasteiger partial charge on any atom is 0.220 e. The molecule has 0 radical (unpaired) electrons. The molecule has 0 saturated heterocycles. The summed E-state index contributed by atoms with van der Waals surface area (Å²) >= 11 is 5.19. The molecule has 0 aliphatic rings. The Morgan fingerprint density at radius 1 is 1.32 bits per heavy atom. The van der Waals surface area contributed by atoms with Crippen molar-refractivity contribution in [2.24, 2.45) is 0 Å². The normalized spacial score (nSPS) is 9.79. The predicted octanol–water partition coefficient (Wildman–Crippen LogP) is 3.08. The van der Waals surface area contributed by atoms with Crippen LogP contribution in [0.4, 0.5) is 0 Å². The smallest absolute Gasteiger partial charge is 0.220 e. The molecular formula is C13H20BrClN2OS. The molecule has 6 heteroatoms. The third kappa shape index (κ3) is 8.52. The number of benzene rings is 1. The first kappa shape index (κ1) is 18.8. The summed E-state index contributed by atoms with van der Waals surface area (Å²) in [5, 5.41) is 5.97. The zero-order valence-corrected chi connectivity index (χ0v) is 14.2. The van der Waals surface area contributed by atoms with Crippen LogP contribution in [-0.4, -0.2) is 31.8 Å². The fourth-order valence-electron chi connectivity index (χ4n) is 1.40. The van der Waals surface area contributed by atoms with Crippen molar-refractivity contribution in [1.29, 1.82) is 0 Å². The molecule has 1 aromatic rings. The maximum absolute atomic E-state index is 11.5. The van der Waals surface area contributed by atoms with Gasteiger partial charge in [-0.3, -0.25) is 4.79 Å². The Bertz CT molecular complexity index is 379. The van der Waals surface area contributed by atoms with Crippen molar-refractivity contribution in [1.82, 2.24) is 10.6 Å². The first-order chi connectivity index (χ1) is 8.74. The highest BCUT2D eigenvalue weighted by molar-refractivity contribution is 9.10. The number of rotatable bonds is 8. The van der Waals surface area contributed by atoms with Gasteiger partial charge in [-0.15, -0.1) is 24.2 Å². The summed E-state index contributed by atoms with van der Waals surface area (Å²) < 4.78 is 1.09. The van der Waals surface area contributed by atoms with Gasteiger partial charge in [0.05, 0.1) is 0 Å². The van der Waals surface area contributed by atoms with Gasteiger partial charge in [-0.05, 0) is 48.1 Å². The van der Waals surface area contributed by atoms with Crippen LogP contribution >= 0.6 is 40.1 Å². The minimum absolute atomic E-state index is 0. The number of hydrogen-bond donors (Lipinski definition) is 2. The summed E-state index contributed by atoms with van der Waals surface area (Å²) in [6, 6.07) is 8.06. The first-order valence-electron chi connectivity index (χ1n) is 6.02. The van der Waals surface area contributed by atoms with Crippen LogP contribution in [0.2, 0.25) is 0 Å². The number of thioether (sulfide) groups is 1. The standard InChI is InChI=1S/C13H19BrN2OS.ClH/c1-15-8-4-9-16-13(17)7-10-18-12-6-3-2-5-11(12)14;/h2-3,5-6,15H,4,7-10H2,1H3,(H,16,17);1H. The molecule has 3 nitrogen and oxygen atoms in total. The molecule has 1 aromatic carbocycles. The molecule has 0 aliphatic heterocycles. The highest BCUT2D eigenvalue weighted by atomic mass is 79.9. The summed E-state index contributed by atoms with van der Waals surface area (Å²) in [4.78, 5) is 12.7. The van der Waals surface area contributed by atoms with Crippen molar-refractivity contribution >= 4 is 46.0 Å². The SMILES string of the molecule is CNCCCNC(=O)CCSc1ccccc1Br.Cl. The molecule has 19 heavy (non-hydrogen) atoms. The fourth-order valence-corrected chi connectivity index (χ4v) is 2.91. The second-order valence-electron chi connectivity index (χ2n) is 3.84. The molecule has 0 bridgehead atoms. The quantitative estimate of drug-likeness (QED) is 0.548. The van der Waals surface area contributed by atoms with Crippen molar-refractivity contribution in [3.63, 3.8) is 0 Å². The van der Waals surface area contributed by atoms with Crippen molar-refractivity contribution in [3.05, 3.63) is 28.7 Å². The van der Waals surface area contributed by atoms with E-state index in [4.69, 9.17) is 0 Å². The Balaban J connectivity index is 0.00000324. The van der Waals surface area contributed by atoms with E-state index in [9.17, 15) is 4.79 Å². The summed E-state index contributed by atoms with van der Waals surface area (Å²) in [6.07, 6.45) is 1.53. The van der Waals surface area contributed by atoms with Crippen LogP contribution in [0.3, 0.4) is 0 Å². The monoisotopic (exact) mass is 366 g/mol. The van der Waals surface area contributed by atoms with Crippen LogP contribution < -0.4 is 10.6 Å². The van der Waals surface area contributed by atoms with E-state index in [-0.39, 0.29) is 18.3 Å². The minimum Gasteiger partial charge on any atom is -0.356 e. The van der Waals surface area contributed by atoms with Crippen LogP contribution in [0, 0.1) is 0 Å². The largest absolute Gasteiger partial charge is 0.356 e. The van der Waals surface area contributed by atoms with Gasteiger partial charge in [-0.1, -0.05) is 12.1 Å². The zero-order valence-electron chi connectivity index (χ0n) is 10.9. The van der Waals surface area contributed by atoms with Gasteiger partial charge in [0.15, 0.2) is 0 Å². The molecule has 0 atom stereocenters. The van der Waals surface area contributed by atoms with E-state index in [1.807, 2.05) is 25.2 Å². The molecule has 1 amide bonds. The highest BCUT2D eigenvalue weighted by Crippen LogP contribution is 2.27. The third-order valence-corrected chi connectivity index (χ3v) is 4.38. The van der Waals surface area contributed by atoms with E-state index in [0.717, 1.165) is 29.7 Å². The van der Waals surface area contributed by atoms with Crippen LogP contribution in [-0.2, 0) is 4.79 Å². The van der Waals surface area contributed by atoms with E-state index < -0.39 is 0 Å². The van der Waals surface area contributed by atoms with E-state index in [1.54, 1.807) is 11.8 Å². The van der Waals surface area contributed by atoms with Crippen LogP contribution in [0.1, 0.15) is 12.8 Å². The Morgan fingerprint density at radius 2 is 2.05 bits per heavy atom. The number of halogens is 2. The van der Waals surface area contributed by atoms with Gasteiger partial charge in [0.1, 0.15) is 0 Å². The highest BCUT2D eigenvalue weighted by Gasteiger charge is 2.03. The van der Waals surface area contributed by atoms with Gasteiger partial charge < -0.3 is 10.6 Å². The molecule has 0 spiro atoms. The maximum atomic E-state index is 11.5. The number of amides is 1. The molecule has 0 aliphatic carbocycles. The average Bonchev–Trinajstić information content (AvgIpc) is 2.37. The zero-order chi connectivity index (χ0) is 13.2. The lowest BCUT2D eigenvalue weighted by atomic mass is 10.4. The Kier molecular flexibility index (Phi) is 11.4. The molecule has 1 rings (SSSR count). The average molecular weight is 368 g/mol. The Labute approximate surface area is 133 Å². The summed E-state index contributed by atoms with van der Waals surface area (Å²) in [6.45, 7) is 1.69. The van der Waals surface area contributed by atoms with Crippen molar-refractivity contribution in [2.45, 2.75) is 17.7 Å². The van der Waals surface area contributed by atoms with Crippen LogP contribution in [0.15, 0.2) is 33.6 Å². The van der Waals surface area contributed by atoms with Crippen molar-refractivity contribution in [2.75, 3.05) is 25.9 Å². The first-order valence-corrected chi connectivity index (χ1v) is 7.80. The summed E-state index contributed by atoms with van der Waals surface area (Å²) in [5.41, 5.74) is 0. The fraction of sp³-hybridized carbons (Fsp3) is 0.462. The number of carbonyl (C=O) groups excluding carboxylic acids is 1.